The zero-order valence-corrected chi connectivity index (χ0v) is 23.2. The Morgan fingerprint density at radius 2 is 1.50 bits per heavy atom. The number of halogens is 2. The van der Waals surface area contributed by atoms with E-state index in [-0.39, 0.29) is 23.8 Å². The van der Waals surface area contributed by atoms with E-state index in [4.69, 9.17) is 28.3 Å². The number of nitrogens with zero attached hydrogens (tertiary/aromatic N) is 5. The van der Waals surface area contributed by atoms with Crippen LogP contribution in [-0.4, -0.2) is 47.4 Å². The Kier molecular flexibility index (Phi) is 11.0. The molecule has 2 aliphatic rings. The number of fused-ring (bicyclic) bond motifs is 1. The number of nitrogens with one attached hydrogen (secondary N) is 1. The van der Waals surface area contributed by atoms with Crippen LogP contribution in [0.3, 0.4) is 0 Å². The van der Waals surface area contributed by atoms with E-state index in [0.717, 1.165) is 42.4 Å². The van der Waals surface area contributed by atoms with Gasteiger partial charge in [-0.2, -0.15) is 9.97 Å². The van der Waals surface area contributed by atoms with Crippen molar-refractivity contribution < 1.29 is 10.2 Å². The molecule has 3 aromatic rings. The van der Waals surface area contributed by atoms with Crippen molar-refractivity contribution in [2.24, 2.45) is 0 Å². The second-order valence-electron chi connectivity index (χ2n) is 9.92. The lowest BCUT2D eigenvalue weighted by Gasteiger charge is -2.20. The first kappa shape index (κ1) is 28.6. The average Bonchev–Trinajstić information content (AvgIpc) is 3.12. The largest absolute Gasteiger partial charge is 0.390 e. The van der Waals surface area contributed by atoms with E-state index in [1.165, 1.54) is 51.4 Å². The van der Waals surface area contributed by atoms with Crippen LogP contribution in [0.5, 0.6) is 0 Å². The zero-order valence-electron chi connectivity index (χ0n) is 21.7. The smallest absolute Gasteiger partial charge is 0.224 e. The highest BCUT2D eigenvalue weighted by atomic mass is 35.5. The van der Waals surface area contributed by atoms with Crippen LogP contribution < -0.4 is 5.32 Å². The van der Waals surface area contributed by atoms with Crippen LogP contribution in [-0.2, 0) is 6.61 Å². The van der Waals surface area contributed by atoms with E-state index < -0.39 is 0 Å². The van der Waals surface area contributed by atoms with Gasteiger partial charge in [-0.25, -0.2) is 9.97 Å². The maximum Gasteiger partial charge on any atom is 0.224 e. The molecule has 0 radical (unpaired) electrons. The Balaban J connectivity index is 0.000000177. The molecular weight excluding hydrogens is 523 g/mol. The van der Waals surface area contributed by atoms with E-state index in [2.05, 4.69) is 41.7 Å². The standard InChI is InChI=1S/2C14H18ClN3O/c15-14-16-8-10-7-12(9-19)18(13(10)17-14)11-5-3-1-2-4-6-11;15-14-16-10-11(6-5-9-19)13(18-14)17-12-7-3-1-2-4-8-12/h7-8,11,19H,1-6,9H2;10,12,19H,1-4,7-9H2,(H,16,17,18). The number of rotatable bonds is 4. The van der Waals surface area contributed by atoms with Crippen molar-refractivity contribution in [3.63, 3.8) is 0 Å². The van der Waals surface area contributed by atoms with Gasteiger partial charge in [-0.15, -0.1) is 0 Å². The highest BCUT2D eigenvalue weighted by Crippen LogP contribution is 2.32. The Morgan fingerprint density at radius 1 is 0.868 bits per heavy atom. The fourth-order valence-electron chi connectivity index (χ4n) is 5.40. The topological polar surface area (TPSA) is 109 Å². The molecule has 10 heteroatoms. The molecule has 3 heterocycles. The fraction of sp³-hybridized carbons (Fsp3) is 0.571. The number of aliphatic hydroxyl groups excluding tert-OH is 2. The molecule has 2 saturated carbocycles. The Bertz CT molecular complexity index is 1240. The van der Waals surface area contributed by atoms with Crippen LogP contribution in [0.15, 0.2) is 18.5 Å². The molecule has 3 N–H and O–H groups in total. The maximum absolute atomic E-state index is 9.59. The number of aromatic nitrogens is 5. The third-order valence-electron chi connectivity index (χ3n) is 7.24. The van der Waals surface area contributed by atoms with E-state index >= 15 is 0 Å². The highest BCUT2D eigenvalue weighted by Gasteiger charge is 2.20. The summed E-state index contributed by atoms with van der Waals surface area (Å²) in [4.78, 5) is 16.5. The second-order valence-corrected chi connectivity index (χ2v) is 10.6. The minimum Gasteiger partial charge on any atom is -0.390 e. The Hall–Kier alpha value is -2.44. The first-order chi connectivity index (χ1) is 18.6. The first-order valence-electron chi connectivity index (χ1n) is 13.6. The van der Waals surface area contributed by atoms with Gasteiger partial charge in [0.15, 0.2) is 0 Å². The van der Waals surface area contributed by atoms with E-state index in [1.807, 2.05) is 6.07 Å². The molecule has 0 spiro atoms. The predicted octanol–water partition coefficient (Wildman–Crippen LogP) is 6.08. The van der Waals surface area contributed by atoms with Crippen LogP contribution in [0.2, 0.25) is 10.6 Å². The molecule has 0 atom stereocenters. The van der Waals surface area contributed by atoms with E-state index in [1.54, 1.807) is 12.4 Å². The van der Waals surface area contributed by atoms with Crippen molar-refractivity contribution in [2.75, 3.05) is 11.9 Å². The summed E-state index contributed by atoms with van der Waals surface area (Å²) in [6.07, 6.45) is 18.1. The summed E-state index contributed by atoms with van der Waals surface area (Å²) >= 11 is 11.8. The molecule has 2 aliphatic carbocycles. The molecule has 8 nitrogen and oxygen atoms in total. The van der Waals surface area contributed by atoms with Crippen molar-refractivity contribution in [1.82, 2.24) is 24.5 Å². The van der Waals surface area contributed by atoms with E-state index in [0.29, 0.717) is 23.5 Å². The van der Waals surface area contributed by atoms with Crippen LogP contribution in [0.1, 0.15) is 94.3 Å². The first-order valence-corrected chi connectivity index (χ1v) is 14.4. The Labute approximate surface area is 234 Å². The molecule has 38 heavy (non-hydrogen) atoms. The summed E-state index contributed by atoms with van der Waals surface area (Å²) in [7, 11) is 0. The number of hydrogen-bond donors (Lipinski definition) is 3. The van der Waals surface area contributed by atoms with Gasteiger partial charge in [0.05, 0.1) is 12.2 Å². The molecule has 5 rings (SSSR count). The molecule has 3 aromatic heterocycles. The summed E-state index contributed by atoms with van der Waals surface area (Å²) in [5.74, 6) is 6.14. The molecular formula is C28H36Cl2N6O2. The lowest BCUT2D eigenvalue weighted by Crippen LogP contribution is -2.20. The lowest BCUT2D eigenvalue weighted by atomic mass is 10.1. The molecule has 0 aromatic carbocycles. The minimum atomic E-state index is -0.175. The van der Waals surface area contributed by atoms with Crippen LogP contribution in [0.4, 0.5) is 5.82 Å². The van der Waals surface area contributed by atoms with Crippen molar-refractivity contribution >= 4 is 40.1 Å². The SMILES string of the molecule is OCC#Cc1cnc(Cl)nc1NC1CCCCCC1.OCc1cc2cnc(Cl)nc2n1C1CCCCCC1. The van der Waals surface area contributed by atoms with Crippen LogP contribution in [0, 0.1) is 11.8 Å². The molecule has 0 saturated heterocycles. The summed E-state index contributed by atoms with van der Waals surface area (Å²) in [5.41, 5.74) is 2.46. The normalized spacial score (nSPS) is 17.1. The molecule has 0 bridgehead atoms. The van der Waals surface area contributed by atoms with Gasteiger partial charge < -0.3 is 20.1 Å². The molecule has 0 aliphatic heterocycles. The van der Waals surface area contributed by atoms with Gasteiger partial charge in [0.2, 0.25) is 10.6 Å². The fourth-order valence-corrected chi connectivity index (χ4v) is 5.66. The van der Waals surface area contributed by atoms with Gasteiger partial charge in [-0.1, -0.05) is 63.2 Å². The third-order valence-corrected chi connectivity index (χ3v) is 7.60. The van der Waals surface area contributed by atoms with Crippen molar-refractivity contribution in [3.05, 3.63) is 40.3 Å². The Morgan fingerprint density at radius 3 is 2.16 bits per heavy atom. The summed E-state index contributed by atoms with van der Waals surface area (Å²) < 4.78 is 2.17. The number of anilines is 1. The van der Waals surface area contributed by atoms with Gasteiger partial charge in [-0.3, -0.25) is 0 Å². The van der Waals surface area contributed by atoms with Gasteiger partial charge >= 0.3 is 0 Å². The molecule has 204 valence electrons. The number of hydrogen-bond acceptors (Lipinski definition) is 7. The molecule has 2 fully saturated rings. The minimum absolute atomic E-state index is 0.0322. The summed E-state index contributed by atoms with van der Waals surface area (Å²) in [5, 5.41) is 23.2. The second kappa shape index (κ2) is 14.6. The number of aliphatic hydroxyl groups is 2. The third kappa shape index (κ3) is 7.79. The summed E-state index contributed by atoms with van der Waals surface area (Å²) in [6, 6.07) is 2.81. The van der Waals surface area contributed by atoms with Crippen molar-refractivity contribution in [2.45, 2.75) is 95.7 Å². The van der Waals surface area contributed by atoms with Gasteiger partial charge in [0.25, 0.3) is 0 Å². The van der Waals surface area contributed by atoms with Gasteiger partial charge in [0, 0.05) is 35.6 Å². The molecule has 0 unspecified atom stereocenters. The lowest BCUT2D eigenvalue weighted by molar-refractivity contribution is 0.264. The van der Waals surface area contributed by atoms with Crippen molar-refractivity contribution in [1.29, 1.82) is 0 Å². The highest BCUT2D eigenvalue weighted by molar-refractivity contribution is 6.28. The maximum atomic E-state index is 9.59. The van der Waals surface area contributed by atoms with Gasteiger partial charge in [-0.05, 0) is 55.0 Å². The van der Waals surface area contributed by atoms with E-state index in [9.17, 15) is 5.11 Å². The summed E-state index contributed by atoms with van der Waals surface area (Å²) in [6.45, 7) is -0.143. The van der Waals surface area contributed by atoms with Gasteiger partial charge in [0.1, 0.15) is 18.1 Å². The quantitative estimate of drug-likeness (QED) is 0.202. The average molecular weight is 560 g/mol. The zero-order chi connectivity index (χ0) is 26.7. The molecule has 0 amide bonds. The predicted molar refractivity (Wildman–Crippen MR) is 151 cm³/mol. The monoisotopic (exact) mass is 558 g/mol. The van der Waals surface area contributed by atoms with Crippen LogP contribution in [0.25, 0.3) is 11.0 Å². The van der Waals surface area contributed by atoms with Crippen LogP contribution >= 0.6 is 23.2 Å². The van der Waals surface area contributed by atoms with Crippen molar-refractivity contribution in [3.8, 4) is 11.8 Å².